The highest BCUT2D eigenvalue weighted by atomic mass is 32.2. The molecule has 1 unspecified atom stereocenters. The Labute approximate surface area is 173 Å². The average molecular weight is 408 g/mol. The highest BCUT2D eigenvalue weighted by Gasteiger charge is 2.28. The van der Waals surface area contributed by atoms with Gasteiger partial charge in [0.05, 0.1) is 22.9 Å². The second-order valence-electron chi connectivity index (χ2n) is 7.59. The van der Waals surface area contributed by atoms with E-state index in [-0.39, 0.29) is 5.91 Å². The van der Waals surface area contributed by atoms with Gasteiger partial charge in [-0.1, -0.05) is 48.0 Å². The Hall–Kier alpha value is -2.73. The monoisotopic (exact) mass is 407 g/mol. The molecule has 0 aliphatic carbocycles. The molecule has 1 aromatic heterocycles. The van der Waals surface area contributed by atoms with E-state index >= 15 is 0 Å². The Bertz CT molecular complexity index is 1070. The summed E-state index contributed by atoms with van der Waals surface area (Å²) in [6.07, 6.45) is 2.08. The zero-order valence-electron chi connectivity index (χ0n) is 16.8. The van der Waals surface area contributed by atoms with Gasteiger partial charge in [0, 0.05) is 22.8 Å². The largest absolute Gasteiger partial charge is 0.310 e. The zero-order chi connectivity index (χ0) is 20.4. The van der Waals surface area contributed by atoms with Crippen LogP contribution in [-0.4, -0.2) is 19.9 Å². The van der Waals surface area contributed by atoms with Crippen LogP contribution in [0.15, 0.2) is 48.5 Å². The van der Waals surface area contributed by atoms with Crippen molar-refractivity contribution in [2.24, 2.45) is 0 Å². The van der Waals surface area contributed by atoms with Crippen LogP contribution in [0.25, 0.3) is 5.69 Å². The first-order valence-corrected chi connectivity index (χ1v) is 11.4. The van der Waals surface area contributed by atoms with Crippen molar-refractivity contribution in [1.29, 1.82) is 0 Å². The average Bonchev–Trinajstić information content (AvgIpc) is 3.20. The van der Waals surface area contributed by atoms with Gasteiger partial charge in [-0.05, 0) is 43.9 Å². The van der Waals surface area contributed by atoms with Crippen molar-refractivity contribution < 1.29 is 9.00 Å². The van der Waals surface area contributed by atoms with E-state index in [1.54, 1.807) is 0 Å². The first-order valence-electron chi connectivity index (χ1n) is 9.88. The van der Waals surface area contributed by atoms with Crippen LogP contribution in [-0.2, 0) is 33.5 Å². The number of aromatic nitrogens is 2. The number of benzene rings is 2. The number of carbonyl (C=O) groups excluding carboxylic acids is 1. The van der Waals surface area contributed by atoms with Crippen LogP contribution in [0.4, 0.5) is 5.82 Å². The minimum Gasteiger partial charge on any atom is -0.310 e. The maximum atomic E-state index is 12.7. The minimum absolute atomic E-state index is 0.0349. The molecule has 3 aromatic rings. The lowest BCUT2D eigenvalue weighted by atomic mass is 10.1. The Morgan fingerprint density at radius 1 is 1.14 bits per heavy atom. The highest BCUT2D eigenvalue weighted by Crippen LogP contribution is 2.32. The predicted octanol–water partition coefficient (Wildman–Crippen LogP) is 4.21. The number of fused-ring (bicyclic) bond motifs is 1. The van der Waals surface area contributed by atoms with Crippen LogP contribution in [0.2, 0.25) is 0 Å². The number of rotatable bonds is 6. The number of nitrogens with one attached hydrogen (secondary N) is 1. The van der Waals surface area contributed by atoms with Crippen molar-refractivity contribution >= 4 is 22.5 Å². The van der Waals surface area contributed by atoms with Crippen LogP contribution in [0.5, 0.6) is 0 Å². The quantitative estimate of drug-likeness (QED) is 0.666. The Balaban J connectivity index is 1.54. The molecule has 5 nitrogen and oxygen atoms in total. The third-order valence-electron chi connectivity index (χ3n) is 5.22. The van der Waals surface area contributed by atoms with E-state index in [4.69, 9.17) is 5.10 Å². The fourth-order valence-electron chi connectivity index (χ4n) is 3.77. The third-order valence-corrected chi connectivity index (χ3v) is 6.43. The van der Waals surface area contributed by atoms with Crippen LogP contribution < -0.4 is 5.32 Å². The van der Waals surface area contributed by atoms with Crippen molar-refractivity contribution in [2.75, 3.05) is 5.32 Å². The Kier molecular flexibility index (Phi) is 5.62. The molecule has 0 saturated heterocycles. The summed E-state index contributed by atoms with van der Waals surface area (Å²) in [6.45, 7) is 4.09. The van der Waals surface area contributed by atoms with Gasteiger partial charge in [-0.2, -0.15) is 5.10 Å². The molecule has 0 saturated carbocycles. The molecule has 4 rings (SSSR count). The second kappa shape index (κ2) is 8.33. The van der Waals surface area contributed by atoms with E-state index in [1.807, 2.05) is 41.9 Å². The molecule has 0 radical (unpaired) electrons. The summed E-state index contributed by atoms with van der Waals surface area (Å²) in [6, 6.07) is 16.3. The minimum atomic E-state index is -0.944. The Morgan fingerprint density at radius 3 is 2.69 bits per heavy atom. The van der Waals surface area contributed by atoms with Crippen LogP contribution in [0.3, 0.4) is 0 Å². The number of hydrogen-bond acceptors (Lipinski definition) is 3. The van der Waals surface area contributed by atoms with Gasteiger partial charge < -0.3 is 5.32 Å². The van der Waals surface area contributed by atoms with E-state index in [0.29, 0.717) is 23.7 Å². The molecule has 150 valence electrons. The summed E-state index contributed by atoms with van der Waals surface area (Å²) in [5.41, 5.74) is 6.17. The molecule has 2 aromatic carbocycles. The van der Waals surface area contributed by atoms with Crippen molar-refractivity contribution in [3.8, 4) is 5.69 Å². The van der Waals surface area contributed by atoms with E-state index in [0.717, 1.165) is 35.3 Å². The van der Waals surface area contributed by atoms with Gasteiger partial charge in [0.2, 0.25) is 5.91 Å². The first-order chi connectivity index (χ1) is 14.0. The summed E-state index contributed by atoms with van der Waals surface area (Å²) in [5.74, 6) is 1.53. The smallest absolute Gasteiger partial charge is 0.225 e. The first kappa shape index (κ1) is 19.6. The number of carbonyl (C=O) groups is 1. The van der Waals surface area contributed by atoms with Crippen molar-refractivity contribution in [3.05, 3.63) is 76.5 Å². The Morgan fingerprint density at radius 2 is 1.93 bits per heavy atom. The second-order valence-corrected chi connectivity index (χ2v) is 9.05. The molecule has 0 spiro atoms. The lowest BCUT2D eigenvalue weighted by Crippen LogP contribution is -2.16. The molecule has 1 amide bonds. The normalized spacial score (nSPS) is 15.3. The highest BCUT2D eigenvalue weighted by molar-refractivity contribution is 7.83. The molecule has 0 fully saturated rings. The topological polar surface area (TPSA) is 64.0 Å². The molecular weight excluding hydrogens is 382 g/mol. The third kappa shape index (κ3) is 4.32. The van der Waals surface area contributed by atoms with Crippen LogP contribution >= 0.6 is 0 Å². The number of hydrogen-bond donors (Lipinski definition) is 1. The van der Waals surface area contributed by atoms with Crippen LogP contribution in [0, 0.1) is 13.8 Å². The van der Waals surface area contributed by atoms with Gasteiger partial charge in [0.25, 0.3) is 0 Å². The van der Waals surface area contributed by atoms with Gasteiger partial charge in [-0.15, -0.1) is 0 Å². The zero-order valence-corrected chi connectivity index (χ0v) is 17.6. The van der Waals surface area contributed by atoms with Gasteiger partial charge in [-0.3, -0.25) is 9.00 Å². The maximum Gasteiger partial charge on any atom is 0.225 e. The molecule has 1 aliphatic rings. The number of amides is 1. The predicted molar refractivity (Wildman–Crippen MR) is 117 cm³/mol. The molecule has 29 heavy (non-hydrogen) atoms. The van der Waals surface area contributed by atoms with Gasteiger partial charge >= 0.3 is 0 Å². The van der Waals surface area contributed by atoms with E-state index < -0.39 is 10.8 Å². The molecule has 6 heteroatoms. The molecule has 0 bridgehead atoms. The van der Waals surface area contributed by atoms with Gasteiger partial charge in [0.15, 0.2) is 0 Å². The summed E-state index contributed by atoms with van der Waals surface area (Å²) in [7, 11) is -0.944. The molecule has 2 heterocycles. The van der Waals surface area contributed by atoms with Crippen molar-refractivity contribution in [3.63, 3.8) is 0 Å². The SMILES string of the molecule is Cc1ccc(-n2nc3c(c2NC(=O)CCCc2ccccc2)CS(=O)C3)c(C)c1. The van der Waals surface area contributed by atoms with Crippen molar-refractivity contribution in [1.82, 2.24) is 9.78 Å². The van der Waals surface area contributed by atoms with E-state index in [1.165, 1.54) is 11.1 Å². The molecule has 1 aliphatic heterocycles. The van der Waals surface area contributed by atoms with E-state index in [9.17, 15) is 9.00 Å². The number of anilines is 1. The fourth-order valence-corrected chi connectivity index (χ4v) is 5.03. The summed E-state index contributed by atoms with van der Waals surface area (Å²) < 4.78 is 13.8. The molecule has 1 N–H and O–H groups in total. The lowest BCUT2D eigenvalue weighted by Gasteiger charge is -2.13. The fraction of sp³-hybridized carbons (Fsp3) is 0.304. The summed E-state index contributed by atoms with van der Waals surface area (Å²) >= 11 is 0. The number of aryl methyl sites for hydroxylation is 3. The standard InChI is InChI=1S/C23H25N3O2S/c1-16-11-12-21(17(2)13-16)26-23(19-14-29(28)15-20(19)25-26)24-22(27)10-6-9-18-7-4-3-5-8-18/h3-5,7-8,11-13H,6,9-10,14-15H2,1-2H3,(H,24,27). The van der Waals surface area contributed by atoms with Gasteiger partial charge in [0.1, 0.15) is 5.82 Å². The summed E-state index contributed by atoms with van der Waals surface area (Å²) in [4.78, 5) is 12.7. The van der Waals surface area contributed by atoms with Crippen molar-refractivity contribution in [2.45, 2.75) is 44.6 Å². The van der Waals surface area contributed by atoms with Gasteiger partial charge in [-0.25, -0.2) is 4.68 Å². The van der Waals surface area contributed by atoms with Crippen LogP contribution in [0.1, 0.15) is 40.8 Å². The number of nitrogens with zero attached hydrogens (tertiary/aromatic N) is 2. The van der Waals surface area contributed by atoms with E-state index in [2.05, 4.69) is 30.4 Å². The molecular formula is C23H25N3O2S. The molecule has 1 atom stereocenters. The lowest BCUT2D eigenvalue weighted by molar-refractivity contribution is -0.116. The summed E-state index contributed by atoms with van der Waals surface area (Å²) in [5, 5.41) is 7.76. The maximum absolute atomic E-state index is 12.7.